The van der Waals surface area contributed by atoms with E-state index in [-0.39, 0.29) is 11.3 Å². The molecule has 0 spiro atoms. The highest BCUT2D eigenvalue weighted by Gasteiger charge is 2.46. The van der Waals surface area contributed by atoms with Crippen LogP contribution in [0.2, 0.25) is 0 Å². The number of carbonyl (C=O) groups excluding carboxylic acids is 2. The van der Waals surface area contributed by atoms with Crippen molar-refractivity contribution < 1.29 is 19.4 Å². The van der Waals surface area contributed by atoms with Crippen LogP contribution in [0.25, 0.3) is 5.76 Å². The average molecular weight is 466 g/mol. The minimum absolute atomic E-state index is 0.117. The van der Waals surface area contributed by atoms with Gasteiger partial charge in [-0.05, 0) is 68.9 Å². The summed E-state index contributed by atoms with van der Waals surface area (Å²) in [4.78, 5) is 31.8. The molecule has 1 aliphatic rings. The predicted molar refractivity (Wildman–Crippen MR) is 135 cm³/mol. The molecular formula is C27H35N3O4. The second-order valence-corrected chi connectivity index (χ2v) is 9.11. The summed E-state index contributed by atoms with van der Waals surface area (Å²) in [7, 11) is 7.75. The Bertz CT molecular complexity index is 1070. The topological polar surface area (TPSA) is 73.3 Å². The minimum atomic E-state index is -0.663. The number of amides is 1. The molecule has 1 atom stereocenters. The average Bonchev–Trinajstić information content (AvgIpc) is 3.05. The first-order valence-corrected chi connectivity index (χ1v) is 11.6. The van der Waals surface area contributed by atoms with Crippen LogP contribution in [-0.4, -0.2) is 74.5 Å². The number of hydrogen-bond donors (Lipinski definition) is 1. The number of likely N-dealkylation sites (N-methyl/N-ethyl adjacent to an activating group) is 1. The van der Waals surface area contributed by atoms with Gasteiger partial charge in [0, 0.05) is 38.4 Å². The van der Waals surface area contributed by atoms with Gasteiger partial charge in [0.1, 0.15) is 11.5 Å². The Balaban J connectivity index is 2.10. The molecular weight excluding hydrogens is 430 g/mol. The van der Waals surface area contributed by atoms with Crippen molar-refractivity contribution >= 4 is 23.1 Å². The predicted octanol–water partition coefficient (Wildman–Crippen LogP) is 3.83. The van der Waals surface area contributed by atoms with Gasteiger partial charge in [0.25, 0.3) is 11.7 Å². The number of nitrogens with zero attached hydrogens (tertiary/aromatic N) is 3. The lowest BCUT2D eigenvalue weighted by Crippen LogP contribution is -2.35. The molecule has 0 bridgehead atoms. The maximum atomic E-state index is 13.2. The summed E-state index contributed by atoms with van der Waals surface area (Å²) in [5.41, 5.74) is 3.20. The second kappa shape index (κ2) is 10.7. The first kappa shape index (κ1) is 25.3. The molecule has 7 heteroatoms. The lowest BCUT2D eigenvalue weighted by atomic mass is 9.93. The van der Waals surface area contributed by atoms with Crippen molar-refractivity contribution in [3.8, 4) is 5.75 Å². The molecule has 1 aliphatic heterocycles. The van der Waals surface area contributed by atoms with E-state index >= 15 is 0 Å². The van der Waals surface area contributed by atoms with E-state index < -0.39 is 17.7 Å². The third kappa shape index (κ3) is 5.25. The number of aryl methyl sites for hydroxylation is 1. The first-order valence-electron chi connectivity index (χ1n) is 11.6. The number of ether oxygens (including phenoxy) is 1. The van der Waals surface area contributed by atoms with Crippen LogP contribution in [-0.2, 0) is 9.59 Å². The number of hydrogen-bond acceptors (Lipinski definition) is 6. The summed E-state index contributed by atoms with van der Waals surface area (Å²) in [6.45, 7) is 5.47. The molecule has 1 unspecified atom stereocenters. The molecule has 0 aromatic heterocycles. The number of Topliss-reactive ketones (excluding diaryl/α,β-unsaturated/α-hetero) is 1. The van der Waals surface area contributed by atoms with E-state index in [1.54, 1.807) is 17.0 Å². The quantitative estimate of drug-likeness (QED) is 0.345. The summed E-state index contributed by atoms with van der Waals surface area (Å²) in [6.07, 6.45) is 0.893. The fourth-order valence-corrected chi connectivity index (χ4v) is 4.08. The number of benzene rings is 2. The number of likely N-dealkylation sites (tertiary alicyclic amines) is 1. The zero-order valence-corrected chi connectivity index (χ0v) is 21.0. The molecule has 0 radical (unpaired) electrons. The Kier molecular flexibility index (Phi) is 7.99. The molecule has 1 N–H and O–H groups in total. The van der Waals surface area contributed by atoms with Crippen LogP contribution in [0.15, 0.2) is 48.0 Å². The molecule has 3 rings (SSSR count). The highest BCUT2D eigenvalue weighted by Crippen LogP contribution is 2.40. The number of aliphatic hydroxyl groups excluding tert-OH is 1. The van der Waals surface area contributed by atoms with Crippen LogP contribution in [0.3, 0.4) is 0 Å². The highest BCUT2D eigenvalue weighted by molar-refractivity contribution is 6.46. The summed E-state index contributed by atoms with van der Waals surface area (Å²) in [5.74, 6) is -0.709. The molecule has 2 aromatic rings. The van der Waals surface area contributed by atoms with E-state index in [0.717, 1.165) is 23.2 Å². The van der Waals surface area contributed by atoms with Gasteiger partial charge in [-0.15, -0.1) is 0 Å². The van der Waals surface area contributed by atoms with Crippen LogP contribution in [0, 0.1) is 6.92 Å². The van der Waals surface area contributed by atoms with E-state index in [0.29, 0.717) is 31.0 Å². The highest BCUT2D eigenvalue weighted by atomic mass is 16.5. The van der Waals surface area contributed by atoms with Gasteiger partial charge >= 0.3 is 0 Å². The molecule has 0 saturated carbocycles. The molecule has 7 nitrogen and oxygen atoms in total. The van der Waals surface area contributed by atoms with Gasteiger partial charge in [0.05, 0.1) is 18.2 Å². The maximum absolute atomic E-state index is 13.2. The van der Waals surface area contributed by atoms with E-state index in [2.05, 4.69) is 0 Å². The molecule has 1 saturated heterocycles. The van der Waals surface area contributed by atoms with E-state index in [1.807, 2.05) is 82.2 Å². The fourth-order valence-electron chi connectivity index (χ4n) is 4.08. The zero-order valence-electron chi connectivity index (χ0n) is 21.0. The van der Waals surface area contributed by atoms with Crippen molar-refractivity contribution in [1.29, 1.82) is 0 Å². The Labute approximate surface area is 202 Å². The van der Waals surface area contributed by atoms with Gasteiger partial charge < -0.3 is 24.5 Å². The van der Waals surface area contributed by atoms with E-state index in [1.165, 1.54) is 0 Å². The van der Waals surface area contributed by atoms with Crippen LogP contribution in [0.5, 0.6) is 5.75 Å². The van der Waals surface area contributed by atoms with Gasteiger partial charge in [0.15, 0.2) is 0 Å². The van der Waals surface area contributed by atoms with Crippen LogP contribution in [0.1, 0.15) is 36.1 Å². The van der Waals surface area contributed by atoms with Crippen LogP contribution >= 0.6 is 0 Å². The number of anilines is 1. The Morgan fingerprint density at radius 2 is 1.74 bits per heavy atom. The Morgan fingerprint density at radius 1 is 1.06 bits per heavy atom. The molecule has 0 aliphatic carbocycles. The normalized spacial score (nSPS) is 17.5. The van der Waals surface area contributed by atoms with Crippen molar-refractivity contribution in [2.45, 2.75) is 26.3 Å². The molecule has 1 heterocycles. The lowest BCUT2D eigenvalue weighted by molar-refractivity contribution is -0.140. The van der Waals surface area contributed by atoms with Crippen molar-refractivity contribution in [3.63, 3.8) is 0 Å². The Morgan fingerprint density at radius 3 is 2.29 bits per heavy atom. The summed E-state index contributed by atoms with van der Waals surface area (Å²) < 4.78 is 5.69. The van der Waals surface area contributed by atoms with E-state index in [4.69, 9.17) is 4.74 Å². The molecule has 1 fully saturated rings. The molecule has 1 amide bonds. The number of ketones is 1. The van der Waals surface area contributed by atoms with Crippen molar-refractivity contribution in [2.24, 2.45) is 0 Å². The van der Waals surface area contributed by atoms with Crippen LogP contribution in [0.4, 0.5) is 5.69 Å². The fraction of sp³-hybridized carbons (Fsp3) is 0.407. The van der Waals surface area contributed by atoms with Gasteiger partial charge in [-0.2, -0.15) is 0 Å². The standard InChI is InChI=1S/C27H35N3O4/c1-7-16-34-21-12-13-22(18(2)17-21)25(31)23-24(19-8-10-20(11-9-19)29(5)6)30(15-14-28(3)4)27(33)26(23)32/h8-13,17,24,31H,7,14-16H2,1-6H3/b25-23+. The lowest BCUT2D eigenvalue weighted by Gasteiger charge is -2.27. The third-order valence-corrected chi connectivity index (χ3v) is 5.98. The Hall–Kier alpha value is -3.32. The smallest absolute Gasteiger partial charge is 0.295 e. The summed E-state index contributed by atoms with van der Waals surface area (Å²) in [5, 5.41) is 11.3. The maximum Gasteiger partial charge on any atom is 0.295 e. The molecule has 2 aromatic carbocycles. The molecule has 34 heavy (non-hydrogen) atoms. The zero-order chi connectivity index (χ0) is 25.0. The van der Waals surface area contributed by atoms with Gasteiger partial charge in [-0.25, -0.2) is 0 Å². The van der Waals surface area contributed by atoms with Gasteiger partial charge in [-0.3, -0.25) is 9.59 Å². The first-order chi connectivity index (χ1) is 16.1. The van der Waals surface area contributed by atoms with E-state index in [9.17, 15) is 14.7 Å². The van der Waals surface area contributed by atoms with Crippen molar-refractivity contribution in [1.82, 2.24) is 9.80 Å². The minimum Gasteiger partial charge on any atom is -0.507 e. The summed E-state index contributed by atoms with van der Waals surface area (Å²) in [6, 6.07) is 12.4. The SMILES string of the molecule is CCCOc1ccc(/C(O)=C2\C(=O)C(=O)N(CCN(C)C)C2c2ccc(N(C)C)cc2)c(C)c1. The molecule has 182 valence electrons. The van der Waals surface area contributed by atoms with Gasteiger partial charge in [0.2, 0.25) is 0 Å². The number of aliphatic hydroxyl groups is 1. The number of rotatable bonds is 9. The van der Waals surface area contributed by atoms with Gasteiger partial charge in [-0.1, -0.05) is 19.1 Å². The van der Waals surface area contributed by atoms with Crippen molar-refractivity contribution in [3.05, 3.63) is 64.7 Å². The largest absolute Gasteiger partial charge is 0.507 e. The second-order valence-electron chi connectivity index (χ2n) is 9.11. The van der Waals surface area contributed by atoms with Crippen LogP contribution < -0.4 is 9.64 Å². The third-order valence-electron chi connectivity index (χ3n) is 5.98. The van der Waals surface area contributed by atoms with Crippen molar-refractivity contribution in [2.75, 3.05) is 52.8 Å². The number of carbonyl (C=O) groups is 2. The monoisotopic (exact) mass is 465 g/mol. The summed E-state index contributed by atoms with van der Waals surface area (Å²) >= 11 is 0.